The number of aromatic nitrogens is 1. The molecule has 0 saturated carbocycles. The van der Waals surface area contributed by atoms with Crippen LogP contribution in [0.2, 0.25) is 5.02 Å². The number of ether oxygens (including phenoxy) is 1. The summed E-state index contributed by atoms with van der Waals surface area (Å²) in [6.45, 7) is 0. The molecule has 2 amide bonds. The van der Waals surface area contributed by atoms with Crippen LogP contribution in [0.3, 0.4) is 0 Å². The summed E-state index contributed by atoms with van der Waals surface area (Å²) in [4.78, 5) is 17.2. The molecule has 0 unspecified atom stereocenters. The molecule has 0 fully saturated rings. The summed E-state index contributed by atoms with van der Waals surface area (Å²) in [6, 6.07) is 22.5. The maximum atomic E-state index is 12.8. The van der Waals surface area contributed by atoms with Crippen LogP contribution >= 0.6 is 22.9 Å². The van der Waals surface area contributed by atoms with Gasteiger partial charge in [0.1, 0.15) is 11.3 Å². The number of thiazole rings is 1. The first-order valence-corrected chi connectivity index (χ1v) is 10.2. The highest BCUT2D eigenvalue weighted by Gasteiger charge is 2.18. The molecule has 146 valence electrons. The van der Waals surface area contributed by atoms with Crippen LogP contribution in [0.25, 0.3) is 10.2 Å². The van der Waals surface area contributed by atoms with Crippen LogP contribution in [-0.2, 0) is 0 Å². The second-order valence-electron chi connectivity index (χ2n) is 6.30. The first-order valence-electron chi connectivity index (χ1n) is 8.96. The molecule has 0 aliphatic rings. The largest absolute Gasteiger partial charge is 0.494 e. The lowest BCUT2D eigenvalue weighted by atomic mass is 9.99. The number of rotatable bonds is 5. The summed E-state index contributed by atoms with van der Waals surface area (Å²) in [5.74, 6) is 0.612. The lowest BCUT2D eigenvalue weighted by molar-refractivity contribution is 0.250. The molecular weight excluding hydrogens is 406 g/mol. The number of halogens is 1. The predicted molar refractivity (Wildman–Crippen MR) is 118 cm³/mol. The van der Waals surface area contributed by atoms with Gasteiger partial charge < -0.3 is 10.1 Å². The number of benzene rings is 3. The van der Waals surface area contributed by atoms with Crippen molar-refractivity contribution in [3.05, 3.63) is 88.9 Å². The fourth-order valence-electron chi connectivity index (χ4n) is 3.09. The minimum absolute atomic E-state index is 0.287. The smallest absolute Gasteiger partial charge is 0.321 e. The van der Waals surface area contributed by atoms with Crippen LogP contribution in [0, 0.1) is 0 Å². The molecule has 0 bridgehead atoms. The Kier molecular flexibility index (Phi) is 5.64. The van der Waals surface area contributed by atoms with E-state index in [1.165, 1.54) is 11.3 Å². The Balaban J connectivity index is 1.59. The van der Waals surface area contributed by atoms with Crippen molar-refractivity contribution in [2.24, 2.45) is 0 Å². The Bertz CT molecular complexity index is 1090. The SMILES string of the molecule is COc1ccc(Cl)c2sc(NC(=O)NC(c3ccccc3)c3ccccc3)nc12. The van der Waals surface area contributed by atoms with Gasteiger partial charge in [0.15, 0.2) is 5.13 Å². The van der Waals surface area contributed by atoms with Gasteiger partial charge in [0.05, 0.1) is 22.9 Å². The molecule has 0 atom stereocenters. The number of methoxy groups -OCH3 is 1. The Morgan fingerprint density at radius 1 is 1.00 bits per heavy atom. The van der Waals surface area contributed by atoms with Crippen molar-refractivity contribution in [2.45, 2.75) is 6.04 Å². The number of carbonyl (C=O) groups is 1. The van der Waals surface area contributed by atoms with Gasteiger partial charge in [0.2, 0.25) is 0 Å². The number of amides is 2. The fraction of sp³-hybridized carbons (Fsp3) is 0.0909. The van der Waals surface area contributed by atoms with E-state index in [2.05, 4.69) is 15.6 Å². The molecule has 1 heterocycles. The van der Waals surface area contributed by atoms with Crippen LogP contribution in [0.5, 0.6) is 5.75 Å². The third-order valence-corrected chi connectivity index (χ3v) is 5.87. The maximum absolute atomic E-state index is 12.8. The summed E-state index contributed by atoms with van der Waals surface area (Å²) in [5, 5.41) is 6.88. The summed E-state index contributed by atoms with van der Waals surface area (Å²) in [6.07, 6.45) is 0. The molecule has 29 heavy (non-hydrogen) atoms. The van der Waals surface area contributed by atoms with E-state index in [1.54, 1.807) is 19.2 Å². The fourth-order valence-corrected chi connectivity index (χ4v) is 4.24. The van der Waals surface area contributed by atoms with Crippen LogP contribution < -0.4 is 15.4 Å². The van der Waals surface area contributed by atoms with Crippen molar-refractivity contribution in [2.75, 3.05) is 12.4 Å². The molecule has 7 heteroatoms. The normalized spacial score (nSPS) is 10.9. The molecule has 0 spiro atoms. The van der Waals surface area contributed by atoms with Crippen molar-refractivity contribution in [1.82, 2.24) is 10.3 Å². The van der Waals surface area contributed by atoms with E-state index in [0.717, 1.165) is 15.8 Å². The van der Waals surface area contributed by atoms with Gasteiger partial charge in [0.25, 0.3) is 0 Å². The Morgan fingerprint density at radius 3 is 2.21 bits per heavy atom. The maximum Gasteiger partial charge on any atom is 0.321 e. The number of carbonyl (C=O) groups excluding carboxylic acids is 1. The van der Waals surface area contributed by atoms with Gasteiger partial charge in [-0.3, -0.25) is 5.32 Å². The monoisotopic (exact) mass is 423 g/mol. The molecule has 1 aromatic heterocycles. The van der Waals surface area contributed by atoms with Crippen LogP contribution in [0.1, 0.15) is 17.2 Å². The van der Waals surface area contributed by atoms with Gasteiger partial charge in [-0.1, -0.05) is 83.6 Å². The van der Waals surface area contributed by atoms with E-state index in [-0.39, 0.29) is 12.1 Å². The topological polar surface area (TPSA) is 63.2 Å². The molecule has 2 N–H and O–H groups in total. The molecule has 4 rings (SSSR count). The summed E-state index contributed by atoms with van der Waals surface area (Å²) in [7, 11) is 1.58. The van der Waals surface area contributed by atoms with E-state index in [0.29, 0.717) is 21.4 Å². The number of hydrogen-bond acceptors (Lipinski definition) is 4. The van der Waals surface area contributed by atoms with E-state index in [9.17, 15) is 4.79 Å². The highest BCUT2D eigenvalue weighted by molar-refractivity contribution is 7.23. The predicted octanol–water partition coefficient (Wildman–Crippen LogP) is 5.87. The quantitative estimate of drug-likeness (QED) is 0.422. The Morgan fingerprint density at radius 2 is 1.62 bits per heavy atom. The molecule has 0 saturated heterocycles. The Hall–Kier alpha value is -3.09. The second kappa shape index (κ2) is 8.51. The highest BCUT2D eigenvalue weighted by atomic mass is 35.5. The standard InChI is InChI=1S/C22H18ClN3O2S/c1-28-17-13-12-16(23)20-19(17)25-22(29-20)26-21(27)24-18(14-8-4-2-5-9-14)15-10-6-3-7-11-15/h2-13,18H,1H3,(H2,24,25,26,27). The minimum Gasteiger partial charge on any atom is -0.494 e. The average molecular weight is 424 g/mol. The van der Waals surface area contributed by atoms with Gasteiger partial charge >= 0.3 is 6.03 Å². The van der Waals surface area contributed by atoms with Gasteiger partial charge in [-0.15, -0.1) is 0 Å². The zero-order valence-corrected chi connectivity index (χ0v) is 17.1. The number of urea groups is 1. The average Bonchev–Trinajstić information content (AvgIpc) is 3.18. The van der Waals surface area contributed by atoms with E-state index in [4.69, 9.17) is 16.3 Å². The van der Waals surface area contributed by atoms with Crippen LogP contribution in [0.4, 0.5) is 9.93 Å². The third-order valence-electron chi connectivity index (χ3n) is 4.44. The molecule has 5 nitrogen and oxygen atoms in total. The zero-order chi connectivity index (χ0) is 20.2. The van der Waals surface area contributed by atoms with Gasteiger partial charge in [-0.05, 0) is 23.3 Å². The third kappa shape index (κ3) is 4.18. The van der Waals surface area contributed by atoms with E-state index in [1.807, 2.05) is 60.7 Å². The molecule has 0 aliphatic carbocycles. The molecular formula is C22H18ClN3O2S. The summed E-state index contributed by atoms with van der Waals surface area (Å²) in [5.41, 5.74) is 2.61. The van der Waals surface area contributed by atoms with E-state index >= 15 is 0 Å². The number of hydrogen-bond donors (Lipinski definition) is 2. The number of nitrogens with one attached hydrogen (secondary N) is 2. The molecule has 4 aromatic rings. The number of anilines is 1. The first kappa shape index (κ1) is 19.2. The zero-order valence-electron chi connectivity index (χ0n) is 15.6. The number of fused-ring (bicyclic) bond motifs is 1. The summed E-state index contributed by atoms with van der Waals surface area (Å²) < 4.78 is 6.11. The van der Waals surface area contributed by atoms with Crippen molar-refractivity contribution in [1.29, 1.82) is 0 Å². The van der Waals surface area contributed by atoms with Crippen molar-refractivity contribution in [3.63, 3.8) is 0 Å². The van der Waals surface area contributed by atoms with Crippen molar-refractivity contribution in [3.8, 4) is 5.75 Å². The van der Waals surface area contributed by atoms with Gasteiger partial charge in [0, 0.05) is 0 Å². The highest BCUT2D eigenvalue weighted by Crippen LogP contribution is 2.37. The summed E-state index contributed by atoms with van der Waals surface area (Å²) >= 11 is 7.57. The van der Waals surface area contributed by atoms with Gasteiger partial charge in [-0.25, -0.2) is 9.78 Å². The van der Waals surface area contributed by atoms with E-state index < -0.39 is 0 Å². The first-order chi connectivity index (χ1) is 14.2. The number of nitrogens with zero attached hydrogens (tertiary/aromatic N) is 1. The molecule has 3 aromatic carbocycles. The van der Waals surface area contributed by atoms with Gasteiger partial charge in [-0.2, -0.15) is 0 Å². The lowest BCUT2D eigenvalue weighted by Crippen LogP contribution is -2.33. The molecule has 0 aliphatic heterocycles. The van der Waals surface area contributed by atoms with Crippen LogP contribution in [0.15, 0.2) is 72.8 Å². The van der Waals surface area contributed by atoms with Crippen molar-refractivity contribution < 1.29 is 9.53 Å². The van der Waals surface area contributed by atoms with Crippen molar-refractivity contribution >= 4 is 44.3 Å². The Labute approximate surface area is 177 Å². The molecule has 0 radical (unpaired) electrons. The lowest BCUT2D eigenvalue weighted by Gasteiger charge is -2.19. The minimum atomic E-state index is -0.350. The second-order valence-corrected chi connectivity index (χ2v) is 7.71. The van der Waals surface area contributed by atoms with Crippen LogP contribution in [-0.4, -0.2) is 18.1 Å².